The Balaban J connectivity index is 2.15. The Kier molecular flexibility index (Phi) is 3.57. The predicted molar refractivity (Wildman–Crippen MR) is 64.7 cm³/mol. The van der Waals surface area contributed by atoms with Gasteiger partial charge in [-0.15, -0.1) is 5.10 Å². The van der Waals surface area contributed by atoms with Gasteiger partial charge in [0.25, 0.3) is 0 Å². The van der Waals surface area contributed by atoms with E-state index in [1.165, 1.54) is 13.2 Å². The highest BCUT2D eigenvalue weighted by molar-refractivity contribution is 5.29. The van der Waals surface area contributed by atoms with Crippen LogP contribution in [0.2, 0.25) is 0 Å². The van der Waals surface area contributed by atoms with Crippen LogP contribution in [0, 0.1) is 5.82 Å². The van der Waals surface area contributed by atoms with Crippen molar-refractivity contribution in [2.75, 3.05) is 7.11 Å². The number of methoxy groups -OCH3 is 1. The largest absolute Gasteiger partial charge is 0.494 e. The molecule has 1 aromatic heterocycles. The first kappa shape index (κ1) is 12.5. The zero-order chi connectivity index (χ0) is 13.1. The van der Waals surface area contributed by atoms with Crippen LogP contribution in [0.15, 0.2) is 24.4 Å². The maximum absolute atomic E-state index is 13.5. The number of halogens is 1. The minimum atomic E-state index is -0.387. The van der Waals surface area contributed by atoms with E-state index in [1.807, 2.05) is 6.92 Å². The average molecular weight is 250 g/mol. The summed E-state index contributed by atoms with van der Waals surface area (Å²) in [4.78, 5) is 0. The molecule has 2 N–H and O–H groups in total. The molecule has 0 amide bonds. The van der Waals surface area contributed by atoms with Gasteiger partial charge in [-0.25, -0.2) is 9.07 Å². The van der Waals surface area contributed by atoms with Crippen LogP contribution < -0.4 is 10.5 Å². The van der Waals surface area contributed by atoms with Gasteiger partial charge >= 0.3 is 0 Å². The van der Waals surface area contributed by atoms with Crippen LogP contribution >= 0.6 is 0 Å². The van der Waals surface area contributed by atoms with Gasteiger partial charge in [-0.3, -0.25) is 0 Å². The summed E-state index contributed by atoms with van der Waals surface area (Å²) in [6, 6.07) is 4.64. The molecule has 96 valence electrons. The second-order valence-electron chi connectivity index (χ2n) is 4.10. The number of hydrogen-bond acceptors (Lipinski definition) is 4. The van der Waals surface area contributed by atoms with Crippen molar-refractivity contribution in [2.24, 2.45) is 5.73 Å². The van der Waals surface area contributed by atoms with Crippen molar-refractivity contribution in [3.05, 3.63) is 41.5 Å². The van der Waals surface area contributed by atoms with Gasteiger partial charge in [0.15, 0.2) is 11.6 Å². The van der Waals surface area contributed by atoms with Crippen molar-refractivity contribution < 1.29 is 9.13 Å². The maximum atomic E-state index is 13.5. The van der Waals surface area contributed by atoms with Gasteiger partial charge in [0.2, 0.25) is 0 Å². The molecule has 0 bridgehead atoms. The Hall–Kier alpha value is -1.95. The maximum Gasteiger partial charge on any atom is 0.165 e. The number of aromatic nitrogens is 3. The Morgan fingerprint density at radius 1 is 1.50 bits per heavy atom. The first-order chi connectivity index (χ1) is 8.60. The standard InChI is InChI=1S/C12H15FN4O/c1-8(14)11-7-17(16-15-11)6-9-3-4-12(18-2)10(13)5-9/h3-5,7-8H,6,14H2,1-2H3. The fraction of sp³-hybridized carbons (Fsp3) is 0.333. The topological polar surface area (TPSA) is 66.0 Å². The third-order valence-electron chi connectivity index (χ3n) is 2.58. The molecule has 6 heteroatoms. The number of rotatable bonds is 4. The van der Waals surface area contributed by atoms with E-state index in [0.29, 0.717) is 12.2 Å². The second-order valence-corrected chi connectivity index (χ2v) is 4.10. The Morgan fingerprint density at radius 2 is 2.28 bits per heavy atom. The van der Waals surface area contributed by atoms with Crippen molar-refractivity contribution in [1.82, 2.24) is 15.0 Å². The molecule has 1 atom stereocenters. The fourth-order valence-electron chi connectivity index (χ4n) is 1.59. The molecule has 0 fully saturated rings. The zero-order valence-electron chi connectivity index (χ0n) is 10.3. The van der Waals surface area contributed by atoms with Crippen LogP contribution in [-0.2, 0) is 6.54 Å². The molecule has 2 aromatic rings. The fourth-order valence-corrected chi connectivity index (χ4v) is 1.59. The van der Waals surface area contributed by atoms with Gasteiger partial charge in [-0.2, -0.15) is 0 Å². The molecule has 0 spiro atoms. The van der Waals surface area contributed by atoms with Gasteiger partial charge in [0, 0.05) is 6.04 Å². The van der Waals surface area contributed by atoms with Crippen molar-refractivity contribution in [2.45, 2.75) is 19.5 Å². The number of hydrogen-bond donors (Lipinski definition) is 1. The van der Waals surface area contributed by atoms with E-state index in [2.05, 4.69) is 10.3 Å². The molecule has 0 aliphatic rings. The average Bonchev–Trinajstić information content (AvgIpc) is 2.78. The minimum Gasteiger partial charge on any atom is -0.494 e. The Morgan fingerprint density at radius 3 is 2.83 bits per heavy atom. The van der Waals surface area contributed by atoms with Gasteiger partial charge in [-0.05, 0) is 24.6 Å². The van der Waals surface area contributed by atoms with Crippen molar-refractivity contribution in [3.63, 3.8) is 0 Å². The minimum absolute atomic E-state index is 0.161. The highest BCUT2D eigenvalue weighted by atomic mass is 19.1. The number of nitrogens with zero attached hydrogens (tertiary/aromatic N) is 3. The normalized spacial score (nSPS) is 12.4. The molecule has 0 aliphatic heterocycles. The summed E-state index contributed by atoms with van der Waals surface area (Å²) >= 11 is 0. The van der Waals surface area contributed by atoms with Crippen molar-refractivity contribution in [3.8, 4) is 5.75 Å². The molecule has 1 unspecified atom stereocenters. The van der Waals surface area contributed by atoms with Crippen LogP contribution in [-0.4, -0.2) is 22.1 Å². The predicted octanol–water partition coefficient (Wildman–Crippen LogP) is 1.49. The van der Waals surface area contributed by atoms with Gasteiger partial charge in [0.1, 0.15) is 0 Å². The summed E-state index contributed by atoms with van der Waals surface area (Å²) in [5.74, 6) is -0.156. The van der Waals surface area contributed by atoms with E-state index < -0.39 is 0 Å². The first-order valence-electron chi connectivity index (χ1n) is 5.58. The van der Waals surface area contributed by atoms with Crippen molar-refractivity contribution >= 4 is 0 Å². The molecule has 1 aromatic carbocycles. The molecule has 2 rings (SSSR count). The van der Waals surface area contributed by atoms with E-state index >= 15 is 0 Å². The Bertz CT molecular complexity index is 539. The molecule has 0 radical (unpaired) electrons. The van der Waals surface area contributed by atoms with Gasteiger partial charge in [-0.1, -0.05) is 11.3 Å². The molecular weight excluding hydrogens is 235 g/mol. The molecule has 0 saturated carbocycles. The first-order valence-corrected chi connectivity index (χ1v) is 5.58. The lowest BCUT2D eigenvalue weighted by Gasteiger charge is -2.05. The summed E-state index contributed by atoms with van der Waals surface area (Å²) < 4.78 is 20.0. The zero-order valence-corrected chi connectivity index (χ0v) is 10.3. The number of ether oxygens (including phenoxy) is 1. The number of benzene rings is 1. The van der Waals surface area contributed by atoms with E-state index in [0.717, 1.165) is 5.56 Å². The smallest absolute Gasteiger partial charge is 0.165 e. The third kappa shape index (κ3) is 2.65. The van der Waals surface area contributed by atoms with Crippen LogP contribution in [0.25, 0.3) is 0 Å². The highest BCUT2D eigenvalue weighted by Crippen LogP contribution is 2.18. The van der Waals surface area contributed by atoms with Crippen LogP contribution in [0.5, 0.6) is 5.75 Å². The molecule has 0 aliphatic carbocycles. The second kappa shape index (κ2) is 5.14. The summed E-state index contributed by atoms with van der Waals surface area (Å²) in [6.07, 6.45) is 1.76. The quantitative estimate of drug-likeness (QED) is 0.892. The summed E-state index contributed by atoms with van der Waals surface area (Å²) in [5, 5.41) is 7.88. The third-order valence-corrected chi connectivity index (χ3v) is 2.58. The molecule has 18 heavy (non-hydrogen) atoms. The summed E-state index contributed by atoms with van der Waals surface area (Å²) in [5.41, 5.74) is 7.19. The van der Waals surface area contributed by atoms with Gasteiger partial charge < -0.3 is 10.5 Å². The van der Waals surface area contributed by atoms with Crippen LogP contribution in [0.3, 0.4) is 0 Å². The molecule has 0 saturated heterocycles. The van der Waals surface area contributed by atoms with E-state index in [4.69, 9.17) is 10.5 Å². The lowest BCUT2D eigenvalue weighted by atomic mass is 10.2. The molecular formula is C12H15FN4O. The lowest BCUT2D eigenvalue weighted by molar-refractivity contribution is 0.386. The Labute approximate surface area is 104 Å². The van der Waals surface area contributed by atoms with Crippen molar-refractivity contribution in [1.29, 1.82) is 0 Å². The van der Waals surface area contributed by atoms with Crippen LogP contribution in [0.1, 0.15) is 24.2 Å². The molecule has 5 nitrogen and oxygen atoms in total. The monoisotopic (exact) mass is 250 g/mol. The lowest BCUT2D eigenvalue weighted by Crippen LogP contribution is -2.05. The number of nitrogens with two attached hydrogens (primary N) is 1. The van der Waals surface area contributed by atoms with E-state index in [-0.39, 0.29) is 17.6 Å². The summed E-state index contributed by atoms with van der Waals surface area (Å²) in [6.45, 7) is 2.28. The van der Waals surface area contributed by atoms with Gasteiger partial charge in [0.05, 0.1) is 25.5 Å². The van der Waals surface area contributed by atoms with E-state index in [9.17, 15) is 4.39 Å². The highest BCUT2D eigenvalue weighted by Gasteiger charge is 2.07. The SMILES string of the molecule is COc1ccc(Cn2cc(C(C)N)nn2)cc1F. The summed E-state index contributed by atoms with van der Waals surface area (Å²) in [7, 11) is 1.43. The molecule has 1 heterocycles. The van der Waals surface area contributed by atoms with Crippen LogP contribution in [0.4, 0.5) is 4.39 Å². The van der Waals surface area contributed by atoms with E-state index in [1.54, 1.807) is 23.0 Å².